The second-order valence-corrected chi connectivity index (χ2v) is 3.74. The van der Waals surface area contributed by atoms with Crippen molar-refractivity contribution in [3.63, 3.8) is 0 Å². The molecule has 0 aliphatic rings. The Hall–Kier alpha value is -0.590. The molecule has 84 valence electrons. The Bertz CT molecular complexity index is 310. The molecule has 0 amide bonds. The summed E-state index contributed by atoms with van der Waals surface area (Å²) in [5.41, 5.74) is 0.377. The lowest BCUT2D eigenvalue weighted by atomic mass is 10.1. The van der Waals surface area contributed by atoms with Crippen LogP contribution in [0.25, 0.3) is 0 Å². The fraction of sp³-hybridized carbons (Fsp3) is 0.333. The molecular formula is C9H8BrF3O2. The number of benzene rings is 1. The molecule has 0 spiro atoms. The molecule has 0 radical (unpaired) electrons. The van der Waals surface area contributed by atoms with E-state index in [-0.39, 0.29) is 0 Å². The van der Waals surface area contributed by atoms with Crippen molar-refractivity contribution in [2.45, 2.75) is 12.5 Å². The van der Waals surface area contributed by atoms with Gasteiger partial charge < -0.3 is 5.11 Å². The van der Waals surface area contributed by atoms with Gasteiger partial charge in [-0.1, -0.05) is 28.1 Å². The number of alkyl halides is 3. The van der Waals surface area contributed by atoms with Gasteiger partial charge in [0.2, 0.25) is 0 Å². The van der Waals surface area contributed by atoms with Crippen LogP contribution in [0.1, 0.15) is 11.7 Å². The normalized spacial score (nSPS) is 13.9. The van der Waals surface area contributed by atoms with E-state index >= 15 is 0 Å². The van der Waals surface area contributed by atoms with E-state index in [0.717, 1.165) is 4.47 Å². The van der Waals surface area contributed by atoms with Crippen molar-refractivity contribution < 1.29 is 23.0 Å². The third kappa shape index (κ3) is 4.63. The fourth-order valence-corrected chi connectivity index (χ4v) is 1.22. The highest BCUT2D eigenvalue weighted by Gasteiger charge is 2.30. The Kier molecular flexibility index (Phi) is 4.12. The zero-order valence-electron chi connectivity index (χ0n) is 7.46. The van der Waals surface area contributed by atoms with Crippen LogP contribution in [0, 0.1) is 0 Å². The first-order valence-corrected chi connectivity index (χ1v) is 4.82. The van der Waals surface area contributed by atoms with Crippen molar-refractivity contribution in [3.8, 4) is 0 Å². The van der Waals surface area contributed by atoms with Crippen LogP contribution in [0.4, 0.5) is 13.2 Å². The van der Waals surface area contributed by atoms with Gasteiger partial charge in [0.25, 0.3) is 0 Å². The highest BCUT2D eigenvalue weighted by molar-refractivity contribution is 9.10. The van der Waals surface area contributed by atoms with Crippen LogP contribution in [-0.2, 0) is 4.74 Å². The van der Waals surface area contributed by atoms with E-state index in [1.807, 2.05) is 0 Å². The number of aliphatic hydroxyl groups excluding tert-OH is 1. The minimum absolute atomic E-state index is 0.377. The van der Waals surface area contributed by atoms with Gasteiger partial charge in [-0.15, -0.1) is 13.2 Å². The number of aliphatic hydroxyl groups is 1. The molecule has 0 bridgehead atoms. The van der Waals surface area contributed by atoms with Gasteiger partial charge >= 0.3 is 6.36 Å². The first-order chi connectivity index (χ1) is 6.88. The minimum atomic E-state index is -4.71. The number of ether oxygens (including phenoxy) is 1. The van der Waals surface area contributed by atoms with E-state index in [2.05, 4.69) is 20.7 Å². The number of hydrogen-bond donors (Lipinski definition) is 1. The van der Waals surface area contributed by atoms with Crippen LogP contribution in [0.5, 0.6) is 0 Å². The lowest BCUT2D eigenvalue weighted by Gasteiger charge is -2.13. The summed E-state index contributed by atoms with van der Waals surface area (Å²) in [5, 5.41) is 9.33. The maximum absolute atomic E-state index is 11.7. The summed E-state index contributed by atoms with van der Waals surface area (Å²) in [7, 11) is 0. The topological polar surface area (TPSA) is 29.5 Å². The molecule has 1 rings (SSSR count). The Morgan fingerprint density at radius 1 is 1.27 bits per heavy atom. The maximum Gasteiger partial charge on any atom is 0.522 e. The van der Waals surface area contributed by atoms with Crippen molar-refractivity contribution in [2.24, 2.45) is 0 Å². The molecule has 0 saturated heterocycles. The van der Waals surface area contributed by atoms with Crippen molar-refractivity contribution in [3.05, 3.63) is 34.3 Å². The molecule has 0 heterocycles. The van der Waals surface area contributed by atoms with E-state index in [1.54, 1.807) is 12.1 Å². The molecule has 0 fully saturated rings. The summed E-state index contributed by atoms with van der Waals surface area (Å²) >= 11 is 3.17. The van der Waals surface area contributed by atoms with Gasteiger partial charge in [0.15, 0.2) is 0 Å². The Labute approximate surface area is 92.8 Å². The summed E-state index contributed by atoms with van der Waals surface area (Å²) in [4.78, 5) is 0. The van der Waals surface area contributed by atoms with Crippen LogP contribution in [-0.4, -0.2) is 18.1 Å². The first kappa shape index (κ1) is 12.5. The monoisotopic (exact) mass is 284 g/mol. The summed E-state index contributed by atoms with van der Waals surface area (Å²) < 4.78 is 39.3. The smallest absolute Gasteiger partial charge is 0.386 e. The van der Waals surface area contributed by atoms with Crippen molar-refractivity contribution in [2.75, 3.05) is 6.61 Å². The number of halogens is 4. The lowest BCUT2D eigenvalue weighted by molar-refractivity contribution is -0.331. The summed E-state index contributed by atoms with van der Waals surface area (Å²) in [6.07, 6.45) is -5.99. The molecular weight excluding hydrogens is 277 g/mol. The molecule has 0 aromatic heterocycles. The predicted octanol–water partition coefficient (Wildman–Crippen LogP) is 3.02. The lowest BCUT2D eigenvalue weighted by Crippen LogP contribution is -2.18. The Balaban J connectivity index is 2.54. The average Bonchev–Trinajstić information content (AvgIpc) is 2.14. The van der Waals surface area contributed by atoms with E-state index in [1.165, 1.54) is 12.1 Å². The highest BCUT2D eigenvalue weighted by atomic mass is 79.9. The quantitative estimate of drug-likeness (QED) is 0.925. The van der Waals surface area contributed by atoms with E-state index < -0.39 is 19.1 Å². The van der Waals surface area contributed by atoms with Gasteiger partial charge in [-0.05, 0) is 17.7 Å². The SMILES string of the molecule is O[C@H](COC(F)(F)F)c1ccc(Br)cc1. The minimum Gasteiger partial charge on any atom is -0.386 e. The molecule has 2 nitrogen and oxygen atoms in total. The van der Waals surface area contributed by atoms with Gasteiger partial charge in [-0.25, -0.2) is 0 Å². The molecule has 1 atom stereocenters. The molecule has 15 heavy (non-hydrogen) atoms. The molecule has 1 aromatic carbocycles. The molecule has 0 aliphatic carbocycles. The second-order valence-electron chi connectivity index (χ2n) is 2.82. The third-order valence-corrected chi connectivity index (χ3v) is 2.19. The molecule has 1 aromatic rings. The van der Waals surface area contributed by atoms with Crippen LogP contribution >= 0.6 is 15.9 Å². The van der Waals surface area contributed by atoms with Crippen LogP contribution < -0.4 is 0 Å². The van der Waals surface area contributed by atoms with Gasteiger partial charge in [0.05, 0.1) is 6.61 Å². The van der Waals surface area contributed by atoms with Crippen molar-refractivity contribution in [1.29, 1.82) is 0 Å². The largest absolute Gasteiger partial charge is 0.522 e. The molecule has 0 aliphatic heterocycles. The van der Waals surface area contributed by atoms with Crippen molar-refractivity contribution >= 4 is 15.9 Å². The first-order valence-electron chi connectivity index (χ1n) is 4.03. The van der Waals surface area contributed by atoms with E-state index in [4.69, 9.17) is 0 Å². The Morgan fingerprint density at radius 3 is 2.27 bits per heavy atom. The van der Waals surface area contributed by atoms with Gasteiger partial charge in [-0.2, -0.15) is 0 Å². The maximum atomic E-state index is 11.7. The van der Waals surface area contributed by atoms with Crippen LogP contribution in [0.15, 0.2) is 28.7 Å². The summed E-state index contributed by atoms with van der Waals surface area (Å²) in [6.45, 7) is -0.800. The van der Waals surface area contributed by atoms with Crippen LogP contribution in [0.3, 0.4) is 0 Å². The fourth-order valence-electron chi connectivity index (χ4n) is 0.955. The van der Waals surface area contributed by atoms with Gasteiger partial charge in [-0.3, -0.25) is 4.74 Å². The van der Waals surface area contributed by atoms with E-state index in [9.17, 15) is 18.3 Å². The molecule has 6 heteroatoms. The predicted molar refractivity (Wildman–Crippen MR) is 51.1 cm³/mol. The number of hydrogen-bond acceptors (Lipinski definition) is 2. The number of rotatable bonds is 3. The zero-order valence-corrected chi connectivity index (χ0v) is 9.05. The second kappa shape index (κ2) is 4.96. The third-order valence-electron chi connectivity index (χ3n) is 1.66. The van der Waals surface area contributed by atoms with Gasteiger partial charge in [0, 0.05) is 4.47 Å². The standard InChI is InChI=1S/C9H8BrF3O2/c10-7-3-1-6(2-4-7)8(14)5-15-9(11,12)13/h1-4,8,14H,5H2/t8-/m1/s1. The summed E-state index contributed by atoms with van der Waals surface area (Å²) in [6, 6.07) is 6.31. The zero-order chi connectivity index (χ0) is 11.5. The molecule has 1 N–H and O–H groups in total. The Morgan fingerprint density at radius 2 is 1.80 bits per heavy atom. The molecule has 0 saturated carbocycles. The average molecular weight is 285 g/mol. The highest BCUT2D eigenvalue weighted by Crippen LogP contribution is 2.21. The van der Waals surface area contributed by atoms with E-state index in [0.29, 0.717) is 5.56 Å². The molecule has 0 unspecified atom stereocenters. The van der Waals surface area contributed by atoms with Crippen LogP contribution in [0.2, 0.25) is 0 Å². The van der Waals surface area contributed by atoms with Gasteiger partial charge in [0.1, 0.15) is 6.10 Å². The van der Waals surface area contributed by atoms with Crippen molar-refractivity contribution in [1.82, 2.24) is 0 Å². The summed E-state index contributed by atoms with van der Waals surface area (Å²) in [5.74, 6) is 0.